The van der Waals surface area contributed by atoms with Gasteiger partial charge in [0.2, 0.25) is 5.69 Å². The van der Waals surface area contributed by atoms with Crippen LogP contribution in [-0.2, 0) is 4.74 Å². The van der Waals surface area contributed by atoms with Crippen LogP contribution < -0.4 is 0 Å². The quantitative estimate of drug-likeness (QED) is 0.156. The lowest BCUT2D eigenvalue weighted by Crippen LogP contribution is -2.15. The van der Waals surface area contributed by atoms with Crippen LogP contribution >= 0.6 is 0 Å². The van der Waals surface area contributed by atoms with Crippen molar-refractivity contribution in [1.82, 2.24) is 9.13 Å². The summed E-state index contributed by atoms with van der Waals surface area (Å²) in [4.78, 5) is 4.65. The lowest BCUT2D eigenvalue weighted by atomic mass is 9.81. The van der Waals surface area contributed by atoms with Gasteiger partial charge in [0.15, 0.2) is 0 Å². The fourth-order valence-corrected chi connectivity index (χ4v) is 13.9. The van der Waals surface area contributed by atoms with Gasteiger partial charge in [0.1, 0.15) is 0 Å². The van der Waals surface area contributed by atoms with Gasteiger partial charge in [-0.3, -0.25) is 0 Å². The van der Waals surface area contributed by atoms with E-state index in [-0.39, 0.29) is 11.8 Å². The minimum Gasteiger partial charge on any atom is -0.363 e. The standard InChI is InChI=1S/C72H44N4O/c1-74-68-59(42-73)69(75-60-34-18-16-28-51(60)53-38-36-45(40-62(53)75)43-20-4-2-5-21-43)66-67(70(68)76-61-35-19-17-29-52(61)54-39-37-46(41-63(54)76)44-22-6-3-7-23-44)72(65-57-32-14-10-26-49(57)50-27-11-15-33-58(50)65)77-71(66)64-55-30-12-8-24-47(55)48-25-9-13-31-56(48)64/h2-41,64-65,71-72H. The Balaban J connectivity index is 1.12. The molecule has 0 fully saturated rings. The molecule has 16 rings (SSSR count). The Morgan fingerprint density at radius 1 is 0.377 bits per heavy atom. The first kappa shape index (κ1) is 43.4. The van der Waals surface area contributed by atoms with Gasteiger partial charge in [0.25, 0.3) is 0 Å². The van der Waals surface area contributed by atoms with Crippen LogP contribution in [0.3, 0.4) is 0 Å². The highest BCUT2D eigenvalue weighted by Gasteiger charge is 2.51. The molecule has 13 aromatic rings. The summed E-state index contributed by atoms with van der Waals surface area (Å²) in [5, 5.41) is 16.6. The Labute approximate surface area is 445 Å². The molecule has 0 bridgehead atoms. The molecule has 5 nitrogen and oxygen atoms in total. The van der Waals surface area contributed by atoms with Crippen molar-refractivity contribution in [2.45, 2.75) is 24.0 Å². The third-order valence-corrected chi connectivity index (χ3v) is 17.0. The molecular formula is C72H44N4O. The summed E-state index contributed by atoms with van der Waals surface area (Å²) in [5.74, 6) is -0.544. The minimum atomic E-state index is -0.623. The van der Waals surface area contributed by atoms with Crippen molar-refractivity contribution in [2.75, 3.05) is 0 Å². The van der Waals surface area contributed by atoms with E-state index >= 15 is 0 Å². The molecule has 0 saturated carbocycles. The van der Waals surface area contributed by atoms with Crippen molar-refractivity contribution in [3.8, 4) is 62.0 Å². The molecule has 2 atom stereocenters. The van der Waals surface area contributed by atoms with E-state index in [1.165, 1.54) is 44.5 Å². The van der Waals surface area contributed by atoms with Crippen LogP contribution in [0, 0.1) is 17.9 Å². The third-order valence-electron chi connectivity index (χ3n) is 17.0. The molecule has 0 spiro atoms. The molecule has 2 aromatic heterocycles. The topological polar surface area (TPSA) is 47.2 Å². The van der Waals surface area contributed by atoms with Crippen LogP contribution in [-0.4, -0.2) is 9.13 Å². The fraction of sp³-hybridized carbons (Fsp3) is 0.0556. The lowest BCUT2D eigenvalue weighted by Gasteiger charge is -2.27. The molecule has 0 amide bonds. The van der Waals surface area contributed by atoms with Crippen LogP contribution in [0.2, 0.25) is 0 Å². The van der Waals surface area contributed by atoms with E-state index in [2.05, 4.69) is 251 Å². The van der Waals surface area contributed by atoms with Gasteiger partial charge >= 0.3 is 0 Å². The predicted octanol–water partition coefficient (Wildman–Crippen LogP) is 18.4. The molecule has 5 heteroatoms. The Hall–Kier alpha value is -10.0. The summed E-state index contributed by atoms with van der Waals surface area (Å²) in [7, 11) is 0. The summed E-state index contributed by atoms with van der Waals surface area (Å²) >= 11 is 0. The van der Waals surface area contributed by atoms with E-state index in [4.69, 9.17) is 4.74 Å². The first-order chi connectivity index (χ1) is 38.2. The first-order valence-electron chi connectivity index (χ1n) is 26.4. The van der Waals surface area contributed by atoms with Gasteiger partial charge in [-0.1, -0.05) is 218 Å². The van der Waals surface area contributed by atoms with Gasteiger partial charge in [0.05, 0.1) is 63.9 Å². The average Bonchev–Trinajstić information content (AvgIpc) is 4.37. The molecule has 3 heterocycles. The highest BCUT2D eigenvalue weighted by Crippen LogP contribution is 2.65. The molecule has 1 aliphatic heterocycles. The normalized spacial score (nSPS) is 15.4. The van der Waals surface area contributed by atoms with E-state index in [1.807, 2.05) is 12.1 Å². The van der Waals surface area contributed by atoms with Crippen LogP contribution in [0.15, 0.2) is 243 Å². The number of benzene rings is 11. The molecule has 0 radical (unpaired) electrons. The Morgan fingerprint density at radius 2 is 0.740 bits per heavy atom. The maximum absolute atomic E-state index is 12.3. The fourth-order valence-electron chi connectivity index (χ4n) is 13.9. The van der Waals surface area contributed by atoms with E-state index in [1.54, 1.807) is 0 Å². The molecule has 77 heavy (non-hydrogen) atoms. The molecule has 0 saturated heterocycles. The predicted molar refractivity (Wildman–Crippen MR) is 311 cm³/mol. The van der Waals surface area contributed by atoms with Crippen molar-refractivity contribution in [1.29, 1.82) is 5.26 Å². The van der Waals surface area contributed by atoms with Crippen molar-refractivity contribution in [3.63, 3.8) is 0 Å². The second kappa shape index (κ2) is 16.7. The zero-order valence-electron chi connectivity index (χ0n) is 41.6. The summed E-state index contributed by atoms with van der Waals surface area (Å²) in [6.07, 6.45) is -1.25. The van der Waals surface area contributed by atoms with Crippen molar-refractivity contribution < 1.29 is 4.74 Å². The van der Waals surface area contributed by atoms with Crippen LogP contribution in [0.25, 0.3) is 104 Å². The van der Waals surface area contributed by atoms with Crippen molar-refractivity contribution in [2.24, 2.45) is 0 Å². The number of aromatic nitrogens is 2. The van der Waals surface area contributed by atoms with Gasteiger partial charge in [-0.05, 0) is 91.0 Å². The van der Waals surface area contributed by atoms with Crippen molar-refractivity contribution in [3.05, 3.63) is 293 Å². The third kappa shape index (κ3) is 6.12. The van der Waals surface area contributed by atoms with Crippen molar-refractivity contribution >= 4 is 49.3 Å². The smallest absolute Gasteiger partial charge is 0.230 e. The van der Waals surface area contributed by atoms with E-state index in [9.17, 15) is 11.8 Å². The Bertz CT molecular complexity index is 4330. The zero-order chi connectivity index (χ0) is 50.9. The van der Waals surface area contributed by atoms with Gasteiger partial charge in [-0.15, -0.1) is 0 Å². The highest BCUT2D eigenvalue weighted by atomic mass is 16.5. The number of para-hydroxylation sites is 2. The molecule has 3 aliphatic rings. The molecule has 11 aromatic carbocycles. The largest absolute Gasteiger partial charge is 0.363 e. The molecule has 358 valence electrons. The Kier molecular flexibility index (Phi) is 9.43. The maximum Gasteiger partial charge on any atom is 0.230 e. The monoisotopic (exact) mass is 980 g/mol. The molecule has 2 aliphatic carbocycles. The Morgan fingerprint density at radius 3 is 1.17 bits per heavy atom. The molecule has 0 N–H and O–H groups in total. The van der Waals surface area contributed by atoms with Crippen LogP contribution in [0.1, 0.15) is 63.0 Å². The average molecular weight is 981 g/mol. The van der Waals surface area contributed by atoms with Gasteiger partial charge in [0, 0.05) is 44.5 Å². The number of nitriles is 1. The highest BCUT2D eigenvalue weighted by molar-refractivity contribution is 6.13. The minimum absolute atomic E-state index is 0.271. The number of fused-ring (bicyclic) bond motifs is 13. The number of rotatable bonds is 6. The second-order valence-corrected chi connectivity index (χ2v) is 20.7. The van der Waals surface area contributed by atoms with Crippen LogP contribution in [0.5, 0.6) is 0 Å². The lowest BCUT2D eigenvalue weighted by molar-refractivity contribution is -0.00479. The van der Waals surface area contributed by atoms with Gasteiger partial charge < -0.3 is 13.9 Å². The second-order valence-electron chi connectivity index (χ2n) is 20.7. The van der Waals surface area contributed by atoms with Gasteiger partial charge in [-0.2, -0.15) is 5.26 Å². The number of nitrogens with zero attached hydrogens (tertiary/aromatic N) is 4. The SMILES string of the molecule is [C-]#[N+]c1c(C#N)c(-n2c3ccccc3c3ccc(-c4ccccc4)cc32)c2c(c1-n1c3ccccc3c3ccc(-c4ccccc4)cc31)C(C1c3ccccc3-c3ccccc31)OC2C1c2ccccc2-c2ccccc21. The number of hydrogen-bond donors (Lipinski definition) is 0. The van der Waals surface area contributed by atoms with E-state index < -0.39 is 12.2 Å². The van der Waals surface area contributed by atoms with E-state index in [0.717, 1.165) is 77.0 Å². The summed E-state index contributed by atoms with van der Waals surface area (Å²) in [5.41, 5.74) is 21.4. The first-order valence-corrected chi connectivity index (χ1v) is 26.4. The molecule has 2 unspecified atom stereocenters. The number of hydrogen-bond acceptors (Lipinski definition) is 2. The van der Waals surface area contributed by atoms with E-state index in [0.29, 0.717) is 22.6 Å². The molecular weight excluding hydrogens is 937 g/mol. The van der Waals surface area contributed by atoms with Crippen LogP contribution in [0.4, 0.5) is 5.69 Å². The zero-order valence-corrected chi connectivity index (χ0v) is 41.6. The number of ether oxygens (including phenoxy) is 1. The van der Waals surface area contributed by atoms with Gasteiger partial charge in [-0.25, -0.2) is 4.85 Å². The summed E-state index contributed by atoms with van der Waals surface area (Å²) in [6.45, 7) is 9.61. The summed E-state index contributed by atoms with van der Waals surface area (Å²) in [6, 6.07) is 89.3. The maximum atomic E-state index is 12.3. The summed E-state index contributed by atoms with van der Waals surface area (Å²) < 4.78 is 12.9.